The highest BCUT2D eigenvalue weighted by molar-refractivity contribution is 6.37. The third-order valence-electron chi connectivity index (χ3n) is 3.11. The van der Waals surface area contributed by atoms with Crippen molar-refractivity contribution in [2.75, 3.05) is 11.4 Å². The highest BCUT2D eigenvalue weighted by Gasteiger charge is 2.29. The van der Waals surface area contributed by atoms with Crippen LogP contribution in [0.3, 0.4) is 0 Å². The Morgan fingerprint density at radius 1 is 1.06 bits per heavy atom. The number of halogens is 1. The minimum Gasteiger partial charge on any atom is -0.304 e. The summed E-state index contributed by atoms with van der Waals surface area (Å²) >= 11 is 6.20. The number of Topliss-reactive ketones (excluding diaryl/α,β-unsaturated/α-hetero) is 1. The number of rotatable bonds is 1. The van der Waals surface area contributed by atoms with Crippen LogP contribution in [0.15, 0.2) is 36.4 Å². The van der Waals surface area contributed by atoms with Crippen LogP contribution in [0.5, 0.6) is 0 Å². The van der Waals surface area contributed by atoms with Gasteiger partial charge in [-0.1, -0.05) is 35.9 Å². The zero-order chi connectivity index (χ0) is 12.7. The van der Waals surface area contributed by atoms with Gasteiger partial charge in [0.05, 0.1) is 23.7 Å². The summed E-state index contributed by atoms with van der Waals surface area (Å²) in [5.41, 5.74) is 0.717. The van der Waals surface area contributed by atoms with Gasteiger partial charge < -0.3 is 4.90 Å². The second-order valence-corrected chi connectivity index (χ2v) is 4.72. The molecule has 0 aliphatic carbocycles. The molecule has 1 fully saturated rings. The van der Waals surface area contributed by atoms with Gasteiger partial charge in [0.15, 0.2) is 5.78 Å². The van der Waals surface area contributed by atoms with E-state index in [0.717, 1.165) is 10.8 Å². The van der Waals surface area contributed by atoms with Gasteiger partial charge in [-0.05, 0) is 17.5 Å². The van der Waals surface area contributed by atoms with E-state index in [4.69, 9.17) is 11.6 Å². The van der Waals surface area contributed by atoms with E-state index in [-0.39, 0.29) is 24.7 Å². The number of fused-ring (bicyclic) bond motifs is 1. The number of benzene rings is 2. The lowest BCUT2D eigenvalue weighted by Crippen LogP contribution is -2.24. The fourth-order valence-corrected chi connectivity index (χ4v) is 2.58. The Morgan fingerprint density at radius 3 is 2.44 bits per heavy atom. The normalized spacial score (nSPS) is 15.7. The largest absolute Gasteiger partial charge is 0.304 e. The number of carbonyl (C=O) groups excluding carboxylic acids is 2. The van der Waals surface area contributed by atoms with Gasteiger partial charge in [0.1, 0.15) is 0 Å². The molecule has 0 radical (unpaired) electrons. The fourth-order valence-electron chi connectivity index (χ4n) is 2.31. The van der Waals surface area contributed by atoms with E-state index in [9.17, 15) is 9.59 Å². The number of anilines is 1. The summed E-state index contributed by atoms with van der Waals surface area (Å²) < 4.78 is 0. The molecule has 1 aliphatic rings. The molecular formula is C14H10ClNO2. The van der Waals surface area contributed by atoms with Crippen molar-refractivity contribution in [2.45, 2.75) is 6.42 Å². The summed E-state index contributed by atoms with van der Waals surface area (Å²) in [5, 5.41) is 2.38. The molecule has 3 rings (SSSR count). The Morgan fingerprint density at radius 2 is 1.78 bits per heavy atom. The second-order valence-electron chi connectivity index (χ2n) is 4.31. The van der Waals surface area contributed by atoms with E-state index in [1.807, 2.05) is 30.3 Å². The number of hydrogen-bond acceptors (Lipinski definition) is 2. The van der Waals surface area contributed by atoms with Crippen LogP contribution in [0.25, 0.3) is 10.8 Å². The molecule has 1 amide bonds. The lowest BCUT2D eigenvalue weighted by atomic mass is 10.1. The molecule has 0 N–H and O–H groups in total. The van der Waals surface area contributed by atoms with Crippen LogP contribution in [-0.4, -0.2) is 18.2 Å². The maximum atomic E-state index is 11.8. The zero-order valence-corrected chi connectivity index (χ0v) is 10.3. The van der Waals surface area contributed by atoms with Crippen molar-refractivity contribution < 1.29 is 9.59 Å². The summed E-state index contributed by atoms with van der Waals surface area (Å²) in [6, 6.07) is 11.2. The van der Waals surface area contributed by atoms with Crippen molar-refractivity contribution in [3.63, 3.8) is 0 Å². The average molecular weight is 260 g/mol. The smallest absolute Gasteiger partial charge is 0.234 e. The van der Waals surface area contributed by atoms with Crippen molar-refractivity contribution >= 4 is 39.8 Å². The first kappa shape index (κ1) is 11.2. The van der Waals surface area contributed by atoms with Gasteiger partial charge in [-0.15, -0.1) is 0 Å². The maximum Gasteiger partial charge on any atom is 0.234 e. The van der Waals surface area contributed by atoms with E-state index in [1.54, 1.807) is 6.07 Å². The standard InChI is InChI=1S/C14H10ClNO2/c15-11-5-1-3-9-4-2-6-12(14(9)11)16-8-10(17)7-13(16)18/h1-6H,7-8H2. The van der Waals surface area contributed by atoms with E-state index in [0.29, 0.717) is 10.7 Å². The van der Waals surface area contributed by atoms with E-state index >= 15 is 0 Å². The second kappa shape index (κ2) is 4.10. The first-order chi connectivity index (χ1) is 8.66. The van der Waals surface area contributed by atoms with Crippen molar-refractivity contribution in [3.05, 3.63) is 41.4 Å². The molecule has 0 aromatic heterocycles. The molecule has 4 heteroatoms. The molecule has 18 heavy (non-hydrogen) atoms. The van der Waals surface area contributed by atoms with Crippen LogP contribution in [0.4, 0.5) is 5.69 Å². The summed E-state index contributed by atoms with van der Waals surface area (Å²) in [4.78, 5) is 24.7. The van der Waals surface area contributed by atoms with E-state index in [1.165, 1.54) is 4.90 Å². The first-order valence-corrected chi connectivity index (χ1v) is 6.04. The third kappa shape index (κ3) is 1.68. The molecule has 2 aromatic carbocycles. The lowest BCUT2D eigenvalue weighted by molar-refractivity contribution is -0.121. The highest BCUT2D eigenvalue weighted by atomic mass is 35.5. The number of amides is 1. The molecule has 3 nitrogen and oxygen atoms in total. The van der Waals surface area contributed by atoms with Crippen molar-refractivity contribution in [3.8, 4) is 0 Å². The number of hydrogen-bond donors (Lipinski definition) is 0. The zero-order valence-electron chi connectivity index (χ0n) is 9.52. The minimum atomic E-state index is -0.160. The van der Waals surface area contributed by atoms with Gasteiger partial charge in [0, 0.05) is 5.39 Å². The molecule has 1 heterocycles. The Kier molecular flexibility index (Phi) is 2.56. The van der Waals surface area contributed by atoms with Crippen LogP contribution < -0.4 is 4.90 Å². The molecule has 1 aliphatic heterocycles. The molecule has 2 aromatic rings. The van der Waals surface area contributed by atoms with Crippen molar-refractivity contribution in [1.82, 2.24) is 0 Å². The van der Waals surface area contributed by atoms with Crippen LogP contribution in [0, 0.1) is 0 Å². The molecule has 0 saturated carbocycles. The molecule has 0 bridgehead atoms. The third-order valence-corrected chi connectivity index (χ3v) is 3.42. The van der Waals surface area contributed by atoms with E-state index in [2.05, 4.69) is 0 Å². The van der Waals surface area contributed by atoms with Gasteiger partial charge in [-0.3, -0.25) is 9.59 Å². The molecule has 90 valence electrons. The Balaban J connectivity index is 2.23. The van der Waals surface area contributed by atoms with Crippen LogP contribution in [0.1, 0.15) is 6.42 Å². The molecule has 1 saturated heterocycles. The number of nitrogens with zero attached hydrogens (tertiary/aromatic N) is 1. The summed E-state index contributed by atoms with van der Waals surface area (Å²) in [6.45, 7) is 0.142. The number of carbonyl (C=O) groups is 2. The fraction of sp³-hybridized carbons (Fsp3) is 0.143. The Labute approximate surface area is 109 Å². The first-order valence-electron chi connectivity index (χ1n) is 5.66. The van der Waals surface area contributed by atoms with Gasteiger partial charge in [0.25, 0.3) is 0 Å². The monoisotopic (exact) mass is 259 g/mol. The predicted molar refractivity (Wildman–Crippen MR) is 70.9 cm³/mol. The predicted octanol–water partition coefficient (Wildman–Crippen LogP) is 2.80. The molecule has 0 unspecified atom stereocenters. The summed E-state index contributed by atoms with van der Waals surface area (Å²) in [6.07, 6.45) is -0.0131. The molecular weight excluding hydrogens is 250 g/mol. The quantitative estimate of drug-likeness (QED) is 0.739. The lowest BCUT2D eigenvalue weighted by Gasteiger charge is -2.17. The van der Waals surface area contributed by atoms with Crippen LogP contribution in [-0.2, 0) is 9.59 Å². The Hall–Kier alpha value is -1.87. The Bertz CT molecular complexity index is 661. The summed E-state index contributed by atoms with van der Waals surface area (Å²) in [5.74, 6) is -0.212. The van der Waals surface area contributed by atoms with Gasteiger partial charge in [-0.25, -0.2) is 0 Å². The van der Waals surface area contributed by atoms with E-state index < -0.39 is 0 Å². The van der Waals surface area contributed by atoms with Crippen LogP contribution >= 0.6 is 11.6 Å². The van der Waals surface area contributed by atoms with Gasteiger partial charge in [-0.2, -0.15) is 0 Å². The number of ketones is 1. The summed E-state index contributed by atoms with van der Waals surface area (Å²) in [7, 11) is 0. The van der Waals surface area contributed by atoms with Gasteiger partial charge in [0.2, 0.25) is 5.91 Å². The van der Waals surface area contributed by atoms with Gasteiger partial charge >= 0.3 is 0 Å². The minimum absolute atomic E-state index is 0.0131. The molecule has 0 spiro atoms. The topological polar surface area (TPSA) is 37.4 Å². The van der Waals surface area contributed by atoms with Crippen LogP contribution in [0.2, 0.25) is 5.02 Å². The maximum absolute atomic E-state index is 11.8. The SMILES string of the molecule is O=C1CC(=O)N(c2cccc3cccc(Cl)c23)C1. The highest BCUT2D eigenvalue weighted by Crippen LogP contribution is 2.34. The average Bonchev–Trinajstić information content (AvgIpc) is 2.68. The van der Waals surface area contributed by atoms with Crippen molar-refractivity contribution in [1.29, 1.82) is 0 Å². The van der Waals surface area contributed by atoms with Crippen molar-refractivity contribution in [2.24, 2.45) is 0 Å². The molecule has 0 atom stereocenters.